The molecule has 0 bridgehead atoms. The van der Waals surface area contributed by atoms with Crippen molar-refractivity contribution in [2.45, 2.75) is 20.4 Å². The minimum Gasteiger partial charge on any atom is -0.497 e. The molecule has 27 heavy (non-hydrogen) atoms. The molecule has 2 aromatic rings. The first kappa shape index (κ1) is 20.7. The molecule has 0 atom stereocenters. The van der Waals surface area contributed by atoms with Gasteiger partial charge in [-0.1, -0.05) is 13.8 Å². The maximum absolute atomic E-state index is 12.7. The molecule has 0 saturated carbocycles. The van der Waals surface area contributed by atoms with E-state index in [2.05, 4.69) is 31.5 Å². The van der Waals surface area contributed by atoms with Crippen molar-refractivity contribution in [2.24, 2.45) is 5.92 Å². The average Bonchev–Trinajstić information content (AvgIpc) is 2.67. The van der Waals surface area contributed by atoms with E-state index < -0.39 is 5.91 Å². The summed E-state index contributed by atoms with van der Waals surface area (Å²) in [6.07, 6.45) is 0. The highest BCUT2D eigenvalue weighted by Crippen LogP contribution is 2.25. The standard InChI is InChI=1S/C19H22BrN3O4/c1-11(2)18(24)22-14-7-8-16(20)23-17(14)19(25)21-10-12-5-6-13(26-3)9-15(12)27-4/h5-9,11H,10H2,1-4H3,(H,21,25)(H,22,24). The Morgan fingerprint density at radius 2 is 1.89 bits per heavy atom. The highest BCUT2D eigenvalue weighted by Gasteiger charge is 2.18. The highest BCUT2D eigenvalue weighted by molar-refractivity contribution is 9.10. The molecule has 144 valence electrons. The Bertz CT molecular complexity index is 840. The second-order valence-corrected chi connectivity index (χ2v) is 6.85. The molecule has 1 aromatic carbocycles. The number of benzene rings is 1. The third-order valence-electron chi connectivity index (χ3n) is 3.79. The van der Waals surface area contributed by atoms with E-state index in [1.165, 1.54) is 0 Å². The number of rotatable bonds is 7. The molecule has 1 aromatic heterocycles. The molecule has 2 amide bonds. The van der Waals surface area contributed by atoms with Crippen molar-refractivity contribution < 1.29 is 19.1 Å². The molecule has 0 aliphatic rings. The van der Waals surface area contributed by atoms with Crippen molar-refractivity contribution in [3.63, 3.8) is 0 Å². The second-order valence-electron chi connectivity index (χ2n) is 6.03. The van der Waals surface area contributed by atoms with E-state index in [1.807, 2.05) is 6.07 Å². The Kier molecular flexibility index (Phi) is 7.18. The van der Waals surface area contributed by atoms with E-state index in [0.717, 1.165) is 5.56 Å². The number of halogens is 1. The number of nitrogens with one attached hydrogen (secondary N) is 2. The Hall–Kier alpha value is -2.61. The van der Waals surface area contributed by atoms with Crippen LogP contribution in [-0.2, 0) is 11.3 Å². The van der Waals surface area contributed by atoms with Gasteiger partial charge in [-0.2, -0.15) is 0 Å². The molecule has 0 aliphatic carbocycles. The largest absolute Gasteiger partial charge is 0.497 e. The lowest BCUT2D eigenvalue weighted by Gasteiger charge is -2.14. The summed E-state index contributed by atoms with van der Waals surface area (Å²) in [6.45, 7) is 3.78. The van der Waals surface area contributed by atoms with Crippen molar-refractivity contribution >= 4 is 33.4 Å². The van der Waals surface area contributed by atoms with E-state index in [1.54, 1.807) is 52.3 Å². The van der Waals surface area contributed by atoms with Crippen LogP contribution in [-0.4, -0.2) is 31.0 Å². The molecular formula is C19H22BrN3O4. The zero-order valence-electron chi connectivity index (χ0n) is 15.6. The molecule has 0 unspecified atom stereocenters. The molecular weight excluding hydrogens is 414 g/mol. The lowest BCUT2D eigenvalue weighted by molar-refractivity contribution is -0.118. The summed E-state index contributed by atoms with van der Waals surface area (Å²) in [6, 6.07) is 8.65. The van der Waals surface area contributed by atoms with Crippen LogP contribution >= 0.6 is 15.9 Å². The zero-order valence-corrected chi connectivity index (χ0v) is 17.2. The molecule has 0 spiro atoms. The van der Waals surface area contributed by atoms with Gasteiger partial charge in [0, 0.05) is 24.1 Å². The van der Waals surface area contributed by atoms with E-state index in [-0.39, 0.29) is 24.1 Å². The first-order chi connectivity index (χ1) is 12.8. The number of pyridine rings is 1. The molecule has 0 saturated heterocycles. The van der Waals surface area contributed by atoms with Crippen molar-refractivity contribution in [1.29, 1.82) is 0 Å². The summed E-state index contributed by atoms with van der Waals surface area (Å²) in [5, 5.41) is 5.53. The number of carbonyl (C=O) groups excluding carboxylic acids is 2. The molecule has 0 fully saturated rings. The van der Waals surface area contributed by atoms with Gasteiger partial charge in [-0.25, -0.2) is 4.98 Å². The summed E-state index contributed by atoms with van der Waals surface area (Å²) in [5.74, 6) is 0.450. The number of carbonyl (C=O) groups is 2. The lowest BCUT2D eigenvalue weighted by Crippen LogP contribution is -2.27. The monoisotopic (exact) mass is 435 g/mol. The van der Waals surface area contributed by atoms with Crippen LogP contribution in [0.4, 0.5) is 5.69 Å². The Labute approximate surface area is 166 Å². The number of anilines is 1. The number of hydrogen-bond donors (Lipinski definition) is 2. The normalized spacial score (nSPS) is 10.4. The van der Waals surface area contributed by atoms with Gasteiger partial charge in [0.2, 0.25) is 5.91 Å². The van der Waals surface area contributed by atoms with Gasteiger partial charge >= 0.3 is 0 Å². The lowest BCUT2D eigenvalue weighted by atomic mass is 10.1. The van der Waals surface area contributed by atoms with E-state index in [0.29, 0.717) is 21.8 Å². The van der Waals surface area contributed by atoms with Crippen LogP contribution in [0, 0.1) is 5.92 Å². The minimum atomic E-state index is -0.409. The number of nitrogens with zero attached hydrogens (tertiary/aromatic N) is 1. The first-order valence-electron chi connectivity index (χ1n) is 8.32. The predicted molar refractivity (Wildman–Crippen MR) is 106 cm³/mol. The fourth-order valence-corrected chi connectivity index (χ4v) is 2.55. The summed E-state index contributed by atoms with van der Waals surface area (Å²) in [4.78, 5) is 28.8. The van der Waals surface area contributed by atoms with Crippen LogP contribution in [0.5, 0.6) is 11.5 Å². The number of hydrogen-bond acceptors (Lipinski definition) is 5. The van der Waals surface area contributed by atoms with E-state index >= 15 is 0 Å². The summed E-state index contributed by atoms with van der Waals surface area (Å²) in [5.41, 5.74) is 1.27. The third-order valence-corrected chi connectivity index (χ3v) is 4.23. The first-order valence-corrected chi connectivity index (χ1v) is 9.11. The average molecular weight is 436 g/mol. The third kappa shape index (κ3) is 5.43. The van der Waals surface area contributed by atoms with Gasteiger partial charge in [0.15, 0.2) is 5.69 Å². The molecule has 8 heteroatoms. The fraction of sp³-hybridized carbons (Fsp3) is 0.316. The SMILES string of the molecule is COc1ccc(CNC(=O)c2nc(Br)ccc2NC(=O)C(C)C)c(OC)c1. The van der Waals surface area contributed by atoms with Gasteiger partial charge in [0.1, 0.15) is 16.1 Å². The molecule has 0 aliphatic heterocycles. The second kappa shape index (κ2) is 9.36. The molecule has 7 nitrogen and oxygen atoms in total. The molecule has 2 N–H and O–H groups in total. The summed E-state index contributed by atoms with van der Waals surface area (Å²) >= 11 is 3.26. The quantitative estimate of drug-likeness (QED) is 0.650. The highest BCUT2D eigenvalue weighted by atomic mass is 79.9. The van der Waals surface area contributed by atoms with Crippen LogP contribution < -0.4 is 20.1 Å². The summed E-state index contributed by atoms with van der Waals surface area (Å²) in [7, 11) is 3.12. The van der Waals surface area contributed by atoms with Crippen molar-refractivity contribution in [2.75, 3.05) is 19.5 Å². The maximum atomic E-state index is 12.7. The van der Waals surface area contributed by atoms with Crippen molar-refractivity contribution in [3.05, 3.63) is 46.2 Å². The van der Waals surface area contributed by atoms with Gasteiger partial charge in [-0.15, -0.1) is 0 Å². The van der Waals surface area contributed by atoms with Gasteiger partial charge in [0.05, 0.1) is 19.9 Å². The number of ether oxygens (including phenoxy) is 2. The van der Waals surface area contributed by atoms with E-state index in [9.17, 15) is 9.59 Å². The minimum absolute atomic E-state index is 0.130. The summed E-state index contributed by atoms with van der Waals surface area (Å²) < 4.78 is 11.0. The van der Waals surface area contributed by atoms with Gasteiger partial charge in [-0.3, -0.25) is 9.59 Å². The van der Waals surface area contributed by atoms with Gasteiger partial charge < -0.3 is 20.1 Å². The van der Waals surface area contributed by atoms with Gasteiger partial charge in [0.25, 0.3) is 5.91 Å². The van der Waals surface area contributed by atoms with Crippen LogP contribution in [0.3, 0.4) is 0 Å². The van der Waals surface area contributed by atoms with Crippen LogP contribution in [0.2, 0.25) is 0 Å². The van der Waals surface area contributed by atoms with Crippen molar-refractivity contribution in [3.8, 4) is 11.5 Å². The Morgan fingerprint density at radius 3 is 2.52 bits per heavy atom. The molecule has 2 rings (SSSR count). The Morgan fingerprint density at radius 1 is 1.15 bits per heavy atom. The fourth-order valence-electron chi connectivity index (χ4n) is 2.24. The van der Waals surface area contributed by atoms with E-state index in [4.69, 9.17) is 9.47 Å². The van der Waals surface area contributed by atoms with Crippen LogP contribution in [0.15, 0.2) is 34.9 Å². The van der Waals surface area contributed by atoms with Gasteiger partial charge in [-0.05, 0) is 40.2 Å². The number of amides is 2. The maximum Gasteiger partial charge on any atom is 0.272 e. The Balaban J connectivity index is 2.18. The molecule has 0 radical (unpaired) electrons. The number of methoxy groups -OCH3 is 2. The van der Waals surface area contributed by atoms with Crippen LogP contribution in [0.25, 0.3) is 0 Å². The van der Waals surface area contributed by atoms with Crippen molar-refractivity contribution in [1.82, 2.24) is 10.3 Å². The number of aromatic nitrogens is 1. The van der Waals surface area contributed by atoms with Crippen LogP contribution in [0.1, 0.15) is 29.9 Å². The smallest absolute Gasteiger partial charge is 0.272 e. The predicted octanol–water partition coefficient (Wildman–Crippen LogP) is 3.39. The molecule has 1 heterocycles. The zero-order chi connectivity index (χ0) is 20.0. The topological polar surface area (TPSA) is 89.5 Å².